The molecule has 29 heavy (non-hydrogen) atoms. The highest BCUT2D eigenvalue weighted by molar-refractivity contribution is 14.0. The molecule has 0 aliphatic carbocycles. The summed E-state index contributed by atoms with van der Waals surface area (Å²) in [4.78, 5) is 6.65. The lowest BCUT2D eigenvalue weighted by Crippen LogP contribution is -2.36. The van der Waals surface area contributed by atoms with Gasteiger partial charge in [-0.3, -0.25) is 4.99 Å². The largest absolute Gasteiger partial charge is 0.374 e. The Morgan fingerprint density at radius 2 is 1.97 bits per heavy atom. The summed E-state index contributed by atoms with van der Waals surface area (Å²) in [5, 5.41) is 10.9. The van der Waals surface area contributed by atoms with Gasteiger partial charge in [0, 0.05) is 44.9 Å². The first-order valence-corrected chi connectivity index (χ1v) is 10.4. The van der Waals surface area contributed by atoms with Crippen molar-refractivity contribution in [3.05, 3.63) is 46.8 Å². The quantitative estimate of drug-likeness (QED) is 0.327. The molecule has 0 amide bonds. The normalized spacial score (nSPS) is 13.8. The second-order valence-corrected chi connectivity index (χ2v) is 7.50. The van der Waals surface area contributed by atoms with E-state index in [-0.39, 0.29) is 24.0 Å². The summed E-state index contributed by atoms with van der Waals surface area (Å²) < 4.78 is 5.48. The number of fused-ring (bicyclic) bond motifs is 1. The maximum absolute atomic E-state index is 5.48. The van der Waals surface area contributed by atoms with Gasteiger partial charge in [-0.2, -0.15) is 0 Å². The maximum Gasteiger partial charge on any atom is 0.191 e. The van der Waals surface area contributed by atoms with Crippen molar-refractivity contribution in [1.29, 1.82) is 0 Å². The molecule has 0 radical (unpaired) electrons. The molecule has 160 valence electrons. The van der Waals surface area contributed by atoms with Crippen LogP contribution >= 0.6 is 24.0 Å². The molecule has 2 N–H and O–H groups in total. The van der Waals surface area contributed by atoms with Gasteiger partial charge in [-0.05, 0) is 42.9 Å². The number of aryl methyl sites for hydroxylation is 1. The van der Waals surface area contributed by atoms with Crippen molar-refractivity contribution in [2.24, 2.45) is 4.99 Å². The van der Waals surface area contributed by atoms with Crippen molar-refractivity contribution in [2.45, 2.75) is 58.5 Å². The van der Waals surface area contributed by atoms with Crippen LogP contribution in [0.25, 0.3) is 0 Å². The predicted octanol–water partition coefficient (Wildman–Crippen LogP) is 4.44. The zero-order chi connectivity index (χ0) is 19.9. The fourth-order valence-electron chi connectivity index (χ4n) is 3.84. The predicted molar refractivity (Wildman–Crippen MR) is 130 cm³/mol. The molecule has 2 heterocycles. The summed E-state index contributed by atoms with van der Waals surface area (Å²) in [5.74, 6) is 2.06. The number of hydrogen-bond donors (Lipinski definition) is 2. The summed E-state index contributed by atoms with van der Waals surface area (Å²) in [6.45, 7) is 6.83. The van der Waals surface area contributed by atoms with E-state index in [1.807, 2.05) is 0 Å². The van der Waals surface area contributed by atoms with Crippen LogP contribution in [-0.4, -0.2) is 31.8 Å². The number of anilines is 1. The minimum absolute atomic E-state index is 0. The van der Waals surface area contributed by atoms with Crippen LogP contribution in [0.15, 0.2) is 33.8 Å². The molecule has 1 aliphatic heterocycles. The monoisotopic (exact) mass is 511 g/mol. The number of nitrogens with one attached hydrogen (secondary N) is 2. The van der Waals surface area contributed by atoms with E-state index < -0.39 is 0 Å². The number of rotatable bonds is 7. The number of halogens is 1. The third kappa shape index (κ3) is 6.10. The fourth-order valence-corrected chi connectivity index (χ4v) is 3.84. The molecule has 0 fully saturated rings. The van der Waals surface area contributed by atoms with Crippen molar-refractivity contribution in [1.82, 2.24) is 15.8 Å². The zero-order valence-electron chi connectivity index (χ0n) is 18.0. The van der Waals surface area contributed by atoms with Crippen LogP contribution < -0.4 is 15.5 Å². The van der Waals surface area contributed by atoms with E-state index >= 15 is 0 Å². The maximum atomic E-state index is 5.48. The SMILES string of the molecule is CCC(CC)c1cc(CNC(=NC)NCc2ccc3c(c2)CCCN3C)on1.I. The van der Waals surface area contributed by atoms with Gasteiger partial charge in [-0.1, -0.05) is 31.1 Å². The van der Waals surface area contributed by atoms with Gasteiger partial charge in [-0.15, -0.1) is 24.0 Å². The second-order valence-electron chi connectivity index (χ2n) is 7.50. The van der Waals surface area contributed by atoms with Crippen LogP contribution in [0.1, 0.15) is 61.6 Å². The highest BCUT2D eigenvalue weighted by atomic mass is 127. The van der Waals surface area contributed by atoms with E-state index in [1.54, 1.807) is 7.05 Å². The first-order valence-electron chi connectivity index (χ1n) is 10.4. The Bertz CT molecular complexity index is 800. The van der Waals surface area contributed by atoms with Crippen molar-refractivity contribution in [2.75, 3.05) is 25.5 Å². The highest BCUT2D eigenvalue weighted by Gasteiger charge is 2.14. The minimum atomic E-state index is 0. The molecule has 0 atom stereocenters. The molecule has 2 aromatic rings. The van der Waals surface area contributed by atoms with Crippen molar-refractivity contribution < 1.29 is 4.52 Å². The van der Waals surface area contributed by atoms with Gasteiger partial charge in [0.2, 0.25) is 0 Å². The molecule has 0 bridgehead atoms. The lowest BCUT2D eigenvalue weighted by atomic mass is 9.99. The summed E-state index contributed by atoms with van der Waals surface area (Å²) >= 11 is 0. The molecule has 6 nitrogen and oxygen atoms in total. The number of nitrogens with zero attached hydrogens (tertiary/aromatic N) is 3. The van der Waals surface area contributed by atoms with E-state index in [4.69, 9.17) is 4.52 Å². The van der Waals surface area contributed by atoms with Gasteiger partial charge in [0.1, 0.15) is 0 Å². The van der Waals surface area contributed by atoms with E-state index in [0.29, 0.717) is 12.5 Å². The summed E-state index contributed by atoms with van der Waals surface area (Å²) in [6, 6.07) is 8.79. The Morgan fingerprint density at radius 3 is 2.69 bits per heavy atom. The topological polar surface area (TPSA) is 65.7 Å². The first-order chi connectivity index (χ1) is 13.6. The van der Waals surface area contributed by atoms with Crippen molar-refractivity contribution >= 4 is 35.6 Å². The van der Waals surface area contributed by atoms with E-state index in [0.717, 1.165) is 49.8 Å². The van der Waals surface area contributed by atoms with Gasteiger partial charge < -0.3 is 20.1 Å². The molecular formula is C22H34IN5O. The van der Waals surface area contributed by atoms with E-state index in [9.17, 15) is 0 Å². The smallest absolute Gasteiger partial charge is 0.191 e. The van der Waals surface area contributed by atoms with Crippen LogP contribution in [0.5, 0.6) is 0 Å². The third-order valence-electron chi connectivity index (χ3n) is 5.59. The molecular weight excluding hydrogens is 477 g/mol. The number of aromatic nitrogens is 1. The second kappa shape index (κ2) is 11.4. The number of benzene rings is 1. The summed E-state index contributed by atoms with van der Waals surface area (Å²) in [7, 11) is 3.95. The molecule has 1 aromatic heterocycles. The Morgan fingerprint density at radius 1 is 1.21 bits per heavy atom. The summed E-state index contributed by atoms with van der Waals surface area (Å²) in [6.07, 6.45) is 4.54. The molecule has 3 rings (SSSR count). The third-order valence-corrected chi connectivity index (χ3v) is 5.59. The Hall–Kier alpha value is -1.77. The van der Waals surface area contributed by atoms with Crippen LogP contribution in [-0.2, 0) is 19.5 Å². The van der Waals surface area contributed by atoms with Crippen molar-refractivity contribution in [3.63, 3.8) is 0 Å². The van der Waals surface area contributed by atoms with Crippen LogP contribution in [0.2, 0.25) is 0 Å². The van der Waals surface area contributed by atoms with Gasteiger partial charge in [0.15, 0.2) is 11.7 Å². The fraction of sp³-hybridized carbons (Fsp3) is 0.545. The first kappa shape index (κ1) is 23.5. The number of guanidine groups is 1. The molecule has 0 spiro atoms. The molecule has 0 saturated heterocycles. The number of aliphatic imine (C=N–C) groups is 1. The number of hydrogen-bond acceptors (Lipinski definition) is 4. The highest BCUT2D eigenvalue weighted by Crippen LogP contribution is 2.26. The Kier molecular flexibility index (Phi) is 9.26. The van der Waals surface area contributed by atoms with E-state index in [1.165, 1.54) is 23.2 Å². The van der Waals surface area contributed by atoms with Gasteiger partial charge in [0.05, 0.1) is 12.2 Å². The van der Waals surface area contributed by atoms with Crippen LogP contribution in [0.3, 0.4) is 0 Å². The Balaban J connectivity index is 0.00000300. The van der Waals surface area contributed by atoms with Gasteiger partial charge in [0.25, 0.3) is 0 Å². The van der Waals surface area contributed by atoms with E-state index in [2.05, 4.69) is 70.8 Å². The summed E-state index contributed by atoms with van der Waals surface area (Å²) in [5.41, 5.74) is 5.11. The lowest BCUT2D eigenvalue weighted by Gasteiger charge is -2.28. The average molecular weight is 511 g/mol. The Labute approximate surface area is 191 Å². The van der Waals surface area contributed by atoms with Crippen molar-refractivity contribution in [3.8, 4) is 0 Å². The lowest BCUT2D eigenvalue weighted by molar-refractivity contribution is 0.368. The standard InChI is InChI=1S/C22H33N5O.HI/c1-5-17(6-2)20-13-19(28-26-20)15-25-22(23-3)24-14-16-9-10-21-18(12-16)8-7-11-27(21)4;/h9-10,12-13,17H,5-8,11,14-15H2,1-4H3,(H2,23,24,25);1H. The molecule has 0 saturated carbocycles. The van der Waals surface area contributed by atoms with Gasteiger partial charge >= 0.3 is 0 Å². The average Bonchev–Trinajstić information content (AvgIpc) is 3.18. The molecule has 1 aromatic carbocycles. The van der Waals surface area contributed by atoms with Gasteiger partial charge in [-0.25, -0.2) is 0 Å². The molecule has 7 heteroatoms. The molecule has 1 aliphatic rings. The molecule has 0 unspecified atom stereocenters. The zero-order valence-corrected chi connectivity index (χ0v) is 20.3. The van der Waals surface area contributed by atoms with Crippen LogP contribution in [0, 0.1) is 0 Å². The minimum Gasteiger partial charge on any atom is -0.374 e. The van der Waals surface area contributed by atoms with Crippen LogP contribution in [0.4, 0.5) is 5.69 Å².